The highest BCUT2D eigenvalue weighted by atomic mass is 16.4. The maximum atomic E-state index is 11.0. The van der Waals surface area contributed by atoms with E-state index in [4.69, 9.17) is 10.8 Å². The molecular weight excluding hydrogens is 186 g/mol. The summed E-state index contributed by atoms with van der Waals surface area (Å²) in [7, 11) is 0. The molecule has 0 spiro atoms. The lowest BCUT2D eigenvalue weighted by Crippen LogP contribution is -2.25. The molecule has 1 aliphatic carbocycles. The fourth-order valence-electron chi connectivity index (χ4n) is 1.46. The molecule has 2 rings (SSSR count). The number of H-pyrrole nitrogens is 1. The van der Waals surface area contributed by atoms with Crippen LogP contribution in [0.2, 0.25) is 0 Å². The SMILES string of the molecule is Nc1cc(C2(C(=O)O)CC2)[nH]c(=O)n1. The van der Waals surface area contributed by atoms with Crippen molar-refractivity contribution in [2.24, 2.45) is 0 Å². The Hall–Kier alpha value is -1.85. The van der Waals surface area contributed by atoms with Crippen molar-refractivity contribution < 1.29 is 9.90 Å². The molecule has 0 bridgehead atoms. The number of nitrogens with zero attached hydrogens (tertiary/aromatic N) is 1. The summed E-state index contributed by atoms with van der Waals surface area (Å²) < 4.78 is 0. The molecule has 1 heterocycles. The van der Waals surface area contributed by atoms with Crippen molar-refractivity contribution in [3.05, 3.63) is 22.2 Å². The zero-order valence-electron chi connectivity index (χ0n) is 7.28. The third-order valence-electron chi connectivity index (χ3n) is 2.44. The van der Waals surface area contributed by atoms with Gasteiger partial charge in [0.25, 0.3) is 0 Å². The fraction of sp³-hybridized carbons (Fsp3) is 0.375. The zero-order chi connectivity index (χ0) is 10.3. The normalized spacial score (nSPS) is 17.7. The number of aromatic amines is 1. The van der Waals surface area contributed by atoms with Crippen LogP contribution in [0.4, 0.5) is 5.82 Å². The number of aliphatic carboxylic acids is 1. The van der Waals surface area contributed by atoms with E-state index in [1.165, 1.54) is 6.07 Å². The molecule has 1 aliphatic rings. The third-order valence-corrected chi connectivity index (χ3v) is 2.44. The molecule has 0 aromatic carbocycles. The Kier molecular flexibility index (Phi) is 1.60. The van der Waals surface area contributed by atoms with Crippen LogP contribution in [0.15, 0.2) is 10.9 Å². The van der Waals surface area contributed by atoms with Gasteiger partial charge in [0.1, 0.15) is 11.2 Å². The molecule has 0 aliphatic heterocycles. The quantitative estimate of drug-likeness (QED) is 0.587. The second-order valence-corrected chi connectivity index (χ2v) is 3.41. The second-order valence-electron chi connectivity index (χ2n) is 3.41. The van der Waals surface area contributed by atoms with E-state index < -0.39 is 17.1 Å². The Labute approximate surface area is 78.8 Å². The number of carboxylic acid groups (broad SMARTS) is 1. The number of carbonyl (C=O) groups is 1. The molecule has 1 aromatic heterocycles. The number of anilines is 1. The van der Waals surface area contributed by atoms with Crippen LogP contribution < -0.4 is 11.4 Å². The van der Waals surface area contributed by atoms with Crippen LogP contribution in [0.3, 0.4) is 0 Å². The van der Waals surface area contributed by atoms with Crippen molar-refractivity contribution >= 4 is 11.8 Å². The van der Waals surface area contributed by atoms with Crippen molar-refractivity contribution in [2.75, 3.05) is 5.73 Å². The van der Waals surface area contributed by atoms with Crippen LogP contribution in [-0.4, -0.2) is 21.0 Å². The number of hydrogen-bond donors (Lipinski definition) is 3. The number of nitrogens with one attached hydrogen (secondary N) is 1. The molecule has 1 saturated carbocycles. The molecule has 4 N–H and O–H groups in total. The molecule has 6 nitrogen and oxygen atoms in total. The first kappa shape index (κ1) is 8.74. The number of carboxylic acids is 1. The number of nitrogen functional groups attached to an aromatic ring is 1. The second kappa shape index (κ2) is 2.57. The first-order valence-electron chi connectivity index (χ1n) is 4.15. The maximum absolute atomic E-state index is 11.0. The van der Waals surface area contributed by atoms with Gasteiger partial charge >= 0.3 is 11.7 Å². The largest absolute Gasteiger partial charge is 0.481 e. The Balaban J connectivity index is 2.52. The van der Waals surface area contributed by atoms with E-state index in [1.54, 1.807) is 0 Å². The van der Waals surface area contributed by atoms with E-state index in [1.807, 2.05) is 0 Å². The summed E-state index contributed by atoms with van der Waals surface area (Å²) in [6, 6.07) is 1.41. The Bertz CT molecular complexity index is 447. The van der Waals surface area contributed by atoms with Gasteiger partial charge in [0.2, 0.25) is 0 Å². The van der Waals surface area contributed by atoms with Crippen molar-refractivity contribution in [1.82, 2.24) is 9.97 Å². The molecule has 74 valence electrons. The van der Waals surface area contributed by atoms with E-state index in [2.05, 4.69) is 9.97 Å². The monoisotopic (exact) mass is 195 g/mol. The highest BCUT2D eigenvalue weighted by Crippen LogP contribution is 2.47. The molecule has 1 fully saturated rings. The van der Waals surface area contributed by atoms with Crippen molar-refractivity contribution in [3.63, 3.8) is 0 Å². The van der Waals surface area contributed by atoms with Gasteiger partial charge in [-0.2, -0.15) is 4.98 Å². The Morgan fingerprint density at radius 2 is 2.29 bits per heavy atom. The van der Waals surface area contributed by atoms with Crippen molar-refractivity contribution in [2.45, 2.75) is 18.3 Å². The smallest absolute Gasteiger partial charge is 0.347 e. The molecule has 0 unspecified atom stereocenters. The van der Waals surface area contributed by atoms with Crippen LogP contribution in [0.1, 0.15) is 18.5 Å². The minimum atomic E-state index is -0.934. The first-order valence-corrected chi connectivity index (χ1v) is 4.15. The van der Waals surface area contributed by atoms with Crippen LogP contribution in [0.5, 0.6) is 0 Å². The molecule has 0 amide bonds. The number of hydrogen-bond acceptors (Lipinski definition) is 4. The third kappa shape index (κ3) is 1.15. The highest BCUT2D eigenvalue weighted by molar-refractivity contribution is 5.84. The average molecular weight is 195 g/mol. The van der Waals surface area contributed by atoms with Gasteiger partial charge in [-0.05, 0) is 12.8 Å². The molecule has 1 aromatic rings. The average Bonchev–Trinajstić information content (AvgIpc) is 2.81. The lowest BCUT2D eigenvalue weighted by Gasteiger charge is -2.08. The zero-order valence-corrected chi connectivity index (χ0v) is 7.28. The van der Waals surface area contributed by atoms with Gasteiger partial charge in [-0.3, -0.25) is 4.79 Å². The number of rotatable bonds is 2. The fourth-order valence-corrected chi connectivity index (χ4v) is 1.46. The van der Waals surface area contributed by atoms with Gasteiger partial charge in [-0.25, -0.2) is 4.79 Å². The Morgan fingerprint density at radius 1 is 1.64 bits per heavy atom. The van der Waals surface area contributed by atoms with Gasteiger partial charge in [0, 0.05) is 11.8 Å². The van der Waals surface area contributed by atoms with Crippen LogP contribution in [0.25, 0.3) is 0 Å². The molecule has 0 radical (unpaired) electrons. The lowest BCUT2D eigenvalue weighted by atomic mass is 10.0. The van der Waals surface area contributed by atoms with Gasteiger partial charge in [0.05, 0.1) is 0 Å². The highest BCUT2D eigenvalue weighted by Gasteiger charge is 2.52. The van der Waals surface area contributed by atoms with Crippen LogP contribution >= 0.6 is 0 Å². The van der Waals surface area contributed by atoms with E-state index in [0.29, 0.717) is 18.5 Å². The van der Waals surface area contributed by atoms with Crippen molar-refractivity contribution in [3.8, 4) is 0 Å². The van der Waals surface area contributed by atoms with Gasteiger partial charge < -0.3 is 15.8 Å². The standard InChI is InChI=1S/C8H9N3O3/c9-5-3-4(10-7(14)11-5)8(1-2-8)6(12)13/h3H,1-2H2,(H,12,13)(H3,9,10,11,14). The molecule has 0 saturated heterocycles. The molecule has 0 atom stereocenters. The molecule has 6 heteroatoms. The van der Waals surface area contributed by atoms with Crippen LogP contribution in [0, 0.1) is 0 Å². The number of nitrogens with two attached hydrogens (primary N) is 1. The lowest BCUT2D eigenvalue weighted by molar-refractivity contribution is -0.140. The first-order chi connectivity index (χ1) is 6.54. The van der Waals surface area contributed by atoms with Crippen LogP contribution in [-0.2, 0) is 10.2 Å². The van der Waals surface area contributed by atoms with E-state index >= 15 is 0 Å². The number of aromatic nitrogens is 2. The van der Waals surface area contributed by atoms with Gasteiger partial charge in [-0.15, -0.1) is 0 Å². The molecule has 14 heavy (non-hydrogen) atoms. The maximum Gasteiger partial charge on any atom is 0.347 e. The predicted octanol–water partition coefficient (Wildman–Crippen LogP) is -0.532. The molecular formula is C8H9N3O3. The van der Waals surface area contributed by atoms with E-state index in [0.717, 1.165) is 0 Å². The minimum absolute atomic E-state index is 0.0521. The summed E-state index contributed by atoms with van der Waals surface area (Å²) >= 11 is 0. The summed E-state index contributed by atoms with van der Waals surface area (Å²) in [5.74, 6) is -0.880. The van der Waals surface area contributed by atoms with Gasteiger partial charge in [-0.1, -0.05) is 0 Å². The van der Waals surface area contributed by atoms with Gasteiger partial charge in [0.15, 0.2) is 0 Å². The summed E-state index contributed by atoms with van der Waals surface area (Å²) in [4.78, 5) is 27.7. The van der Waals surface area contributed by atoms with E-state index in [9.17, 15) is 9.59 Å². The summed E-state index contributed by atoms with van der Waals surface area (Å²) in [5.41, 5.74) is 4.17. The van der Waals surface area contributed by atoms with E-state index in [-0.39, 0.29) is 5.82 Å². The Morgan fingerprint density at radius 3 is 2.71 bits per heavy atom. The minimum Gasteiger partial charge on any atom is -0.481 e. The topological polar surface area (TPSA) is 109 Å². The summed E-state index contributed by atoms with van der Waals surface area (Å²) in [5, 5.41) is 8.96. The summed E-state index contributed by atoms with van der Waals surface area (Å²) in [6.07, 6.45) is 1.06. The van der Waals surface area contributed by atoms with Crippen molar-refractivity contribution in [1.29, 1.82) is 0 Å². The predicted molar refractivity (Wildman–Crippen MR) is 47.8 cm³/mol. The summed E-state index contributed by atoms with van der Waals surface area (Å²) in [6.45, 7) is 0.